The molecule has 1 N–H and O–H groups in total. The fourth-order valence-electron chi connectivity index (χ4n) is 2.56. The van der Waals surface area contributed by atoms with Gasteiger partial charge in [-0.2, -0.15) is 0 Å². The Morgan fingerprint density at radius 2 is 1.94 bits per heavy atom. The number of aliphatic carboxylic acids is 1. The molecule has 1 saturated heterocycles. The van der Waals surface area contributed by atoms with Gasteiger partial charge in [0.1, 0.15) is 5.60 Å². The second-order valence-electron chi connectivity index (χ2n) is 6.60. The van der Waals surface area contributed by atoms with E-state index in [1.807, 2.05) is 20.8 Å². The van der Waals surface area contributed by atoms with Crippen molar-refractivity contribution < 1.29 is 19.4 Å². The monoisotopic (exact) mass is 255 g/mol. The molecule has 0 radical (unpaired) electrons. The summed E-state index contributed by atoms with van der Waals surface area (Å²) in [5.74, 6) is -1.26. The Labute approximate surface area is 107 Å². The van der Waals surface area contributed by atoms with Gasteiger partial charge in [0.2, 0.25) is 0 Å². The van der Waals surface area contributed by atoms with Crippen LogP contribution in [0.2, 0.25) is 0 Å². The summed E-state index contributed by atoms with van der Waals surface area (Å²) < 4.78 is 5.32. The van der Waals surface area contributed by atoms with Crippen molar-refractivity contribution in [2.24, 2.45) is 11.3 Å². The van der Waals surface area contributed by atoms with Crippen molar-refractivity contribution in [1.29, 1.82) is 0 Å². The number of carbonyl (C=O) groups is 2. The predicted octanol–water partition coefficient (Wildman–Crippen LogP) is 2.11. The van der Waals surface area contributed by atoms with Gasteiger partial charge in [-0.15, -0.1) is 0 Å². The summed E-state index contributed by atoms with van der Waals surface area (Å²) in [5, 5.41) is 9.15. The molecule has 2 aliphatic rings. The van der Waals surface area contributed by atoms with Crippen molar-refractivity contribution in [1.82, 2.24) is 4.90 Å². The summed E-state index contributed by atoms with van der Waals surface area (Å²) in [6, 6.07) is 0. The summed E-state index contributed by atoms with van der Waals surface area (Å²) in [5.41, 5.74) is -0.484. The van der Waals surface area contributed by atoms with E-state index in [2.05, 4.69) is 0 Å². The average Bonchev–Trinajstić information content (AvgIpc) is 2.94. The Morgan fingerprint density at radius 1 is 1.33 bits per heavy atom. The van der Waals surface area contributed by atoms with Gasteiger partial charge in [-0.3, -0.25) is 4.79 Å². The average molecular weight is 255 g/mol. The molecule has 1 saturated carbocycles. The molecule has 0 bridgehead atoms. The van der Waals surface area contributed by atoms with Crippen LogP contribution in [0.5, 0.6) is 0 Å². The Morgan fingerprint density at radius 3 is 2.39 bits per heavy atom. The lowest BCUT2D eigenvalue weighted by molar-refractivity contribution is -0.144. The largest absolute Gasteiger partial charge is 0.481 e. The maximum atomic E-state index is 12.0. The number of likely N-dealkylation sites (tertiary alicyclic amines) is 1. The lowest BCUT2D eigenvalue weighted by atomic mass is 9.87. The van der Waals surface area contributed by atoms with Crippen LogP contribution in [-0.2, 0) is 9.53 Å². The number of ether oxygens (including phenoxy) is 1. The van der Waals surface area contributed by atoms with Crippen LogP contribution in [0.1, 0.15) is 40.0 Å². The second-order valence-corrected chi connectivity index (χ2v) is 6.60. The topological polar surface area (TPSA) is 66.8 Å². The molecule has 1 heterocycles. The van der Waals surface area contributed by atoms with Crippen molar-refractivity contribution in [3.8, 4) is 0 Å². The van der Waals surface area contributed by atoms with Gasteiger partial charge in [0.05, 0.1) is 5.92 Å². The minimum Gasteiger partial charge on any atom is -0.481 e. The number of nitrogens with zero attached hydrogens (tertiary/aromatic N) is 1. The van der Waals surface area contributed by atoms with E-state index >= 15 is 0 Å². The summed E-state index contributed by atoms with van der Waals surface area (Å²) in [4.78, 5) is 24.7. The first kappa shape index (κ1) is 13.2. The van der Waals surface area contributed by atoms with Gasteiger partial charge in [-0.25, -0.2) is 4.79 Å². The molecule has 1 amide bonds. The van der Waals surface area contributed by atoms with E-state index < -0.39 is 17.5 Å². The molecule has 1 spiro atoms. The van der Waals surface area contributed by atoms with Crippen molar-refractivity contribution in [3.63, 3.8) is 0 Å². The zero-order chi connectivity index (χ0) is 13.6. The Kier molecular flexibility index (Phi) is 3.03. The van der Waals surface area contributed by atoms with Gasteiger partial charge < -0.3 is 14.7 Å². The summed E-state index contributed by atoms with van der Waals surface area (Å²) in [6.07, 6.45) is 2.35. The summed E-state index contributed by atoms with van der Waals surface area (Å²) >= 11 is 0. The Hall–Kier alpha value is -1.26. The van der Waals surface area contributed by atoms with E-state index in [1.54, 1.807) is 4.90 Å². The Balaban J connectivity index is 2.04. The third kappa shape index (κ3) is 2.94. The highest BCUT2D eigenvalue weighted by Crippen LogP contribution is 2.53. The number of carboxylic acid groups (broad SMARTS) is 1. The zero-order valence-corrected chi connectivity index (χ0v) is 11.2. The highest BCUT2D eigenvalue weighted by atomic mass is 16.6. The maximum absolute atomic E-state index is 12.0. The smallest absolute Gasteiger partial charge is 0.410 e. The molecule has 5 nitrogen and oxygen atoms in total. The molecule has 0 aromatic carbocycles. The zero-order valence-electron chi connectivity index (χ0n) is 11.2. The summed E-state index contributed by atoms with van der Waals surface area (Å²) in [6.45, 7) is 6.36. The van der Waals surface area contributed by atoms with Crippen LogP contribution in [0, 0.1) is 11.3 Å². The van der Waals surface area contributed by atoms with Gasteiger partial charge in [-0.05, 0) is 45.4 Å². The van der Waals surface area contributed by atoms with Crippen molar-refractivity contribution >= 4 is 12.1 Å². The molecule has 102 valence electrons. The number of amides is 1. The summed E-state index contributed by atoms with van der Waals surface area (Å²) in [7, 11) is 0. The minimum atomic E-state index is -0.811. The fourth-order valence-corrected chi connectivity index (χ4v) is 2.56. The lowest BCUT2D eigenvalue weighted by Crippen LogP contribution is -2.48. The first-order valence-electron chi connectivity index (χ1n) is 6.42. The van der Waals surface area contributed by atoms with E-state index in [0.717, 1.165) is 12.8 Å². The first-order valence-corrected chi connectivity index (χ1v) is 6.42. The molecule has 1 aliphatic heterocycles. The van der Waals surface area contributed by atoms with Crippen molar-refractivity contribution in [2.45, 2.75) is 45.6 Å². The molecule has 2 rings (SSSR count). The number of hydrogen-bond donors (Lipinski definition) is 1. The molecular formula is C13H21NO4. The van der Waals surface area contributed by atoms with Crippen LogP contribution in [0.4, 0.5) is 4.79 Å². The van der Waals surface area contributed by atoms with Gasteiger partial charge >= 0.3 is 12.1 Å². The third-order valence-electron chi connectivity index (χ3n) is 3.60. The molecular weight excluding hydrogens is 234 g/mol. The van der Waals surface area contributed by atoms with E-state index in [9.17, 15) is 9.59 Å². The minimum absolute atomic E-state index is 0.0538. The van der Waals surface area contributed by atoms with Crippen molar-refractivity contribution in [3.05, 3.63) is 0 Å². The highest BCUT2D eigenvalue weighted by Gasteiger charge is 2.51. The fraction of sp³-hybridized carbons (Fsp3) is 0.846. The van der Waals surface area contributed by atoms with Crippen molar-refractivity contribution in [2.75, 3.05) is 13.1 Å². The molecule has 1 aliphatic carbocycles. The third-order valence-corrected chi connectivity index (χ3v) is 3.60. The predicted molar refractivity (Wildman–Crippen MR) is 65.2 cm³/mol. The first-order chi connectivity index (χ1) is 8.21. The van der Waals surface area contributed by atoms with E-state index in [1.165, 1.54) is 0 Å². The molecule has 2 fully saturated rings. The molecule has 1 atom stereocenters. The molecule has 18 heavy (non-hydrogen) atoms. The quantitative estimate of drug-likeness (QED) is 0.779. The number of carboxylic acids is 1. The van der Waals surface area contributed by atoms with Gasteiger partial charge in [0.25, 0.3) is 0 Å². The van der Waals surface area contributed by atoms with Crippen LogP contribution in [0.3, 0.4) is 0 Å². The number of carbonyl (C=O) groups excluding carboxylic acids is 1. The molecule has 5 heteroatoms. The molecule has 0 unspecified atom stereocenters. The normalized spacial score (nSPS) is 25.9. The maximum Gasteiger partial charge on any atom is 0.410 e. The van der Waals surface area contributed by atoms with E-state index in [0.29, 0.717) is 13.0 Å². The van der Waals surface area contributed by atoms with Crippen LogP contribution >= 0.6 is 0 Å². The van der Waals surface area contributed by atoms with Gasteiger partial charge in [-0.1, -0.05) is 0 Å². The molecule has 0 aromatic rings. The second kappa shape index (κ2) is 4.14. The number of piperidine rings is 1. The molecule has 0 aromatic heterocycles. The van der Waals surface area contributed by atoms with Gasteiger partial charge in [0, 0.05) is 13.1 Å². The standard InChI is InChI=1S/C13H21NO4/c1-12(2,3)18-11(17)14-7-9(10(15)16)6-13(8-14)4-5-13/h9H,4-8H2,1-3H3,(H,15,16)/t9-/m0/s1. The highest BCUT2D eigenvalue weighted by molar-refractivity contribution is 5.73. The van der Waals surface area contributed by atoms with E-state index in [-0.39, 0.29) is 18.1 Å². The van der Waals surface area contributed by atoms with E-state index in [4.69, 9.17) is 9.84 Å². The van der Waals surface area contributed by atoms with Crippen LogP contribution in [0.15, 0.2) is 0 Å². The SMILES string of the molecule is CC(C)(C)OC(=O)N1C[C@@H](C(=O)O)CC2(CC2)C1. The number of hydrogen-bond acceptors (Lipinski definition) is 3. The Bertz CT molecular complexity index is 368. The number of rotatable bonds is 1. The van der Waals surface area contributed by atoms with Crippen LogP contribution in [0.25, 0.3) is 0 Å². The lowest BCUT2D eigenvalue weighted by Gasteiger charge is -2.37. The van der Waals surface area contributed by atoms with Crippen LogP contribution < -0.4 is 0 Å². The van der Waals surface area contributed by atoms with Gasteiger partial charge in [0.15, 0.2) is 0 Å². The van der Waals surface area contributed by atoms with Crippen LogP contribution in [-0.4, -0.2) is 40.8 Å².